The second-order valence-electron chi connectivity index (χ2n) is 6.24. The number of nitrogens with zero attached hydrogens (tertiary/aromatic N) is 2. The predicted molar refractivity (Wildman–Crippen MR) is 101 cm³/mol. The second kappa shape index (κ2) is 8.07. The van der Waals surface area contributed by atoms with Crippen LogP contribution in [0.25, 0.3) is 0 Å². The first-order valence-electron chi connectivity index (χ1n) is 8.65. The lowest BCUT2D eigenvalue weighted by molar-refractivity contribution is -0.255. The summed E-state index contributed by atoms with van der Waals surface area (Å²) in [5, 5.41) is 10.9. The Bertz CT molecular complexity index is 951. The SMILES string of the molecule is COc1ccc(OC)c(S(=O)(=O)N2CCN(c3ccc(C(=O)[O-])cc3)CC2)c1. The van der Waals surface area contributed by atoms with Gasteiger partial charge >= 0.3 is 0 Å². The second-order valence-corrected chi connectivity index (χ2v) is 8.15. The van der Waals surface area contributed by atoms with E-state index < -0.39 is 16.0 Å². The molecule has 9 heteroatoms. The van der Waals surface area contributed by atoms with Gasteiger partial charge in [0.15, 0.2) is 0 Å². The van der Waals surface area contributed by atoms with E-state index in [1.165, 1.54) is 36.7 Å². The molecule has 0 radical (unpaired) electrons. The van der Waals surface area contributed by atoms with Crippen molar-refractivity contribution in [2.75, 3.05) is 45.3 Å². The van der Waals surface area contributed by atoms with Crippen molar-refractivity contribution in [1.29, 1.82) is 0 Å². The number of carboxylic acid groups (broad SMARTS) is 1. The number of ether oxygens (including phenoxy) is 2. The number of methoxy groups -OCH3 is 2. The Labute approximate surface area is 164 Å². The summed E-state index contributed by atoms with van der Waals surface area (Å²) in [7, 11) is -0.845. The predicted octanol–water partition coefficient (Wildman–Crippen LogP) is 0.578. The number of carbonyl (C=O) groups is 1. The molecule has 0 atom stereocenters. The van der Waals surface area contributed by atoms with Crippen LogP contribution in [0.4, 0.5) is 5.69 Å². The summed E-state index contributed by atoms with van der Waals surface area (Å²) in [5.41, 5.74) is 0.941. The van der Waals surface area contributed by atoms with Crippen molar-refractivity contribution in [3.63, 3.8) is 0 Å². The van der Waals surface area contributed by atoms with Crippen LogP contribution >= 0.6 is 0 Å². The molecule has 1 aliphatic rings. The molecule has 0 saturated carbocycles. The summed E-state index contributed by atoms with van der Waals surface area (Å²) in [4.78, 5) is 12.9. The smallest absolute Gasteiger partial charge is 0.247 e. The van der Waals surface area contributed by atoms with Gasteiger partial charge in [0.1, 0.15) is 16.4 Å². The van der Waals surface area contributed by atoms with Gasteiger partial charge in [-0.25, -0.2) is 8.42 Å². The van der Waals surface area contributed by atoms with Crippen molar-refractivity contribution >= 4 is 21.7 Å². The van der Waals surface area contributed by atoms with E-state index in [4.69, 9.17) is 9.47 Å². The van der Waals surface area contributed by atoms with E-state index in [1.54, 1.807) is 24.3 Å². The van der Waals surface area contributed by atoms with E-state index in [-0.39, 0.29) is 16.2 Å². The third kappa shape index (κ3) is 3.90. The Morgan fingerprint density at radius 2 is 1.61 bits per heavy atom. The minimum absolute atomic E-state index is 0.0705. The fourth-order valence-electron chi connectivity index (χ4n) is 3.12. The highest BCUT2D eigenvalue weighted by atomic mass is 32.2. The molecule has 28 heavy (non-hydrogen) atoms. The lowest BCUT2D eigenvalue weighted by Crippen LogP contribution is -2.48. The van der Waals surface area contributed by atoms with Crippen LogP contribution in [0.5, 0.6) is 11.5 Å². The molecule has 0 spiro atoms. The average Bonchev–Trinajstić information content (AvgIpc) is 2.73. The van der Waals surface area contributed by atoms with Crippen LogP contribution in [0, 0.1) is 0 Å². The lowest BCUT2D eigenvalue weighted by atomic mass is 10.2. The van der Waals surface area contributed by atoms with Crippen molar-refractivity contribution in [3.05, 3.63) is 48.0 Å². The summed E-state index contributed by atoms with van der Waals surface area (Å²) < 4.78 is 38.0. The maximum absolute atomic E-state index is 13.1. The van der Waals surface area contributed by atoms with Gasteiger partial charge in [0.2, 0.25) is 10.0 Å². The van der Waals surface area contributed by atoms with Gasteiger partial charge in [-0.15, -0.1) is 0 Å². The Balaban J connectivity index is 1.76. The molecule has 1 heterocycles. The van der Waals surface area contributed by atoms with Crippen LogP contribution in [0.1, 0.15) is 10.4 Å². The van der Waals surface area contributed by atoms with Crippen molar-refractivity contribution in [2.45, 2.75) is 4.90 Å². The Hall–Kier alpha value is -2.78. The largest absolute Gasteiger partial charge is 0.545 e. The molecule has 1 saturated heterocycles. The Morgan fingerprint density at radius 3 is 2.14 bits per heavy atom. The number of hydrogen-bond donors (Lipinski definition) is 0. The van der Waals surface area contributed by atoms with Gasteiger partial charge in [0.25, 0.3) is 0 Å². The molecule has 2 aromatic carbocycles. The fraction of sp³-hybridized carbons (Fsp3) is 0.316. The minimum atomic E-state index is -3.75. The number of benzene rings is 2. The highest BCUT2D eigenvalue weighted by Crippen LogP contribution is 2.31. The molecule has 0 N–H and O–H groups in total. The van der Waals surface area contributed by atoms with Gasteiger partial charge in [-0.1, -0.05) is 12.1 Å². The van der Waals surface area contributed by atoms with Crippen LogP contribution in [0.15, 0.2) is 47.4 Å². The fourth-order valence-corrected chi connectivity index (χ4v) is 4.71. The molecule has 0 aliphatic carbocycles. The van der Waals surface area contributed by atoms with Crippen LogP contribution in [0.3, 0.4) is 0 Å². The summed E-state index contributed by atoms with van der Waals surface area (Å²) in [6.07, 6.45) is 0. The molecule has 3 rings (SSSR count). The van der Waals surface area contributed by atoms with Gasteiger partial charge in [-0.3, -0.25) is 0 Å². The molecule has 2 aromatic rings. The van der Waals surface area contributed by atoms with E-state index in [0.29, 0.717) is 31.9 Å². The molecule has 0 amide bonds. The van der Waals surface area contributed by atoms with E-state index in [2.05, 4.69) is 0 Å². The number of aromatic carboxylic acids is 1. The van der Waals surface area contributed by atoms with Crippen LogP contribution in [-0.2, 0) is 10.0 Å². The average molecular weight is 405 g/mol. The summed E-state index contributed by atoms with van der Waals surface area (Å²) in [6.45, 7) is 1.56. The quantitative estimate of drug-likeness (QED) is 0.693. The van der Waals surface area contributed by atoms with Crippen molar-refractivity contribution in [1.82, 2.24) is 4.31 Å². The van der Waals surface area contributed by atoms with Crippen molar-refractivity contribution in [3.8, 4) is 11.5 Å². The van der Waals surface area contributed by atoms with E-state index >= 15 is 0 Å². The summed E-state index contributed by atoms with van der Waals surface area (Å²) in [5.74, 6) is -0.526. The van der Waals surface area contributed by atoms with E-state index in [1.807, 2.05) is 4.90 Å². The first kappa shape index (κ1) is 20.0. The number of sulfonamides is 1. The van der Waals surface area contributed by atoms with Gasteiger partial charge in [-0.05, 0) is 29.8 Å². The van der Waals surface area contributed by atoms with E-state index in [9.17, 15) is 18.3 Å². The van der Waals surface area contributed by atoms with Crippen molar-refractivity contribution < 1.29 is 27.8 Å². The highest BCUT2D eigenvalue weighted by molar-refractivity contribution is 7.89. The van der Waals surface area contributed by atoms with Gasteiger partial charge in [0.05, 0.1) is 20.2 Å². The van der Waals surface area contributed by atoms with Crippen LogP contribution in [0.2, 0.25) is 0 Å². The maximum Gasteiger partial charge on any atom is 0.247 e. The highest BCUT2D eigenvalue weighted by Gasteiger charge is 2.31. The van der Waals surface area contributed by atoms with Crippen LogP contribution < -0.4 is 19.5 Å². The van der Waals surface area contributed by atoms with Gasteiger partial charge in [0, 0.05) is 37.9 Å². The number of anilines is 1. The normalized spacial score (nSPS) is 15.3. The van der Waals surface area contributed by atoms with Crippen molar-refractivity contribution in [2.24, 2.45) is 0 Å². The number of piperazine rings is 1. The molecule has 8 nitrogen and oxygen atoms in total. The molecule has 1 fully saturated rings. The Kier molecular flexibility index (Phi) is 5.76. The lowest BCUT2D eigenvalue weighted by Gasteiger charge is -2.35. The minimum Gasteiger partial charge on any atom is -0.545 e. The zero-order chi connectivity index (χ0) is 20.3. The number of rotatable bonds is 6. The molecule has 0 aromatic heterocycles. The van der Waals surface area contributed by atoms with Crippen LogP contribution in [-0.4, -0.2) is 59.1 Å². The molecular weight excluding hydrogens is 384 g/mol. The number of hydrogen-bond acceptors (Lipinski definition) is 7. The molecule has 0 unspecified atom stereocenters. The van der Waals surface area contributed by atoms with Gasteiger partial charge < -0.3 is 24.3 Å². The number of carbonyl (C=O) groups excluding carboxylic acids is 1. The third-order valence-electron chi connectivity index (χ3n) is 4.70. The zero-order valence-electron chi connectivity index (χ0n) is 15.6. The monoisotopic (exact) mass is 405 g/mol. The summed E-state index contributed by atoms with van der Waals surface area (Å²) >= 11 is 0. The Morgan fingerprint density at radius 1 is 0.964 bits per heavy atom. The first-order valence-corrected chi connectivity index (χ1v) is 10.1. The zero-order valence-corrected chi connectivity index (χ0v) is 16.4. The van der Waals surface area contributed by atoms with E-state index in [0.717, 1.165) is 5.69 Å². The third-order valence-corrected chi connectivity index (χ3v) is 6.62. The molecular formula is C19H21N2O6S-. The molecule has 0 bridgehead atoms. The summed E-state index contributed by atoms with van der Waals surface area (Å²) in [6, 6.07) is 11.0. The molecule has 150 valence electrons. The molecule has 1 aliphatic heterocycles. The first-order chi connectivity index (χ1) is 13.4. The van der Waals surface area contributed by atoms with Gasteiger partial charge in [-0.2, -0.15) is 4.31 Å². The number of carboxylic acids is 1. The topological polar surface area (TPSA) is 99.2 Å². The standard InChI is InChI=1S/C19H22N2O6S/c1-26-16-7-8-17(27-2)18(13-16)28(24,25)21-11-9-20(10-12-21)15-5-3-14(4-6-15)19(22)23/h3-8,13H,9-12H2,1-2H3,(H,22,23)/p-1. The maximum atomic E-state index is 13.1.